The summed E-state index contributed by atoms with van der Waals surface area (Å²) in [4.78, 5) is 27.9. The van der Waals surface area contributed by atoms with Crippen molar-refractivity contribution >= 4 is 28.7 Å². The van der Waals surface area contributed by atoms with Gasteiger partial charge in [-0.2, -0.15) is 0 Å². The fourth-order valence-corrected chi connectivity index (χ4v) is 5.01. The maximum absolute atomic E-state index is 13.5. The van der Waals surface area contributed by atoms with Gasteiger partial charge in [0.15, 0.2) is 0 Å². The highest BCUT2D eigenvalue weighted by Gasteiger charge is 2.30. The molecule has 0 aliphatic carbocycles. The number of nitrogens with zero attached hydrogens (tertiary/aromatic N) is 1. The maximum Gasteiger partial charge on any atom is 0.246 e. The third-order valence-electron chi connectivity index (χ3n) is 7.05. The van der Waals surface area contributed by atoms with Gasteiger partial charge in [0.05, 0.1) is 6.04 Å². The topological polar surface area (TPSA) is 69.6 Å². The van der Waals surface area contributed by atoms with E-state index in [1.807, 2.05) is 97.1 Å². The molecule has 0 radical (unpaired) electrons. The van der Waals surface area contributed by atoms with E-state index in [2.05, 4.69) is 5.32 Å². The number of likely N-dealkylation sites (tertiary alicyclic amines) is 1. The number of fused-ring (bicyclic) bond motifs is 1. The van der Waals surface area contributed by atoms with Gasteiger partial charge in [0, 0.05) is 30.6 Å². The number of hydrogen-bond acceptors (Lipinski definition) is 3. The highest BCUT2D eigenvalue weighted by Crippen LogP contribution is 2.36. The highest BCUT2D eigenvalue weighted by molar-refractivity contribution is 5.92. The van der Waals surface area contributed by atoms with Crippen LogP contribution in [-0.4, -0.2) is 34.9 Å². The molecule has 1 heterocycles. The minimum absolute atomic E-state index is 0.0365. The Morgan fingerprint density at radius 1 is 0.838 bits per heavy atom. The van der Waals surface area contributed by atoms with E-state index in [9.17, 15) is 14.7 Å². The van der Waals surface area contributed by atoms with Crippen LogP contribution >= 0.6 is 0 Å². The Morgan fingerprint density at radius 2 is 1.49 bits per heavy atom. The van der Waals surface area contributed by atoms with Gasteiger partial charge in [0.25, 0.3) is 0 Å². The zero-order chi connectivity index (χ0) is 25.6. The van der Waals surface area contributed by atoms with Crippen LogP contribution in [0, 0.1) is 5.92 Å². The molecule has 2 amide bonds. The molecule has 5 nitrogen and oxygen atoms in total. The predicted octanol–water partition coefficient (Wildman–Crippen LogP) is 5.70. The van der Waals surface area contributed by atoms with Crippen molar-refractivity contribution in [2.24, 2.45) is 5.92 Å². The first-order valence-electron chi connectivity index (χ1n) is 12.7. The standard InChI is InChI=1S/C32H30N2O3/c35-28-17-16-24-11-7-8-14-27(24)30(28)31(25-12-5-2-6-13-25)33-32(37)26-19-21-34(22-20-26)29(36)18-15-23-9-3-1-4-10-23/h1-18,26,31,35H,19-22H2,(H,33,37)/b18-15+. The van der Waals surface area contributed by atoms with Crippen molar-refractivity contribution < 1.29 is 14.7 Å². The second kappa shape index (κ2) is 11.1. The van der Waals surface area contributed by atoms with Gasteiger partial charge in [0.1, 0.15) is 5.75 Å². The predicted molar refractivity (Wildman–Crippen MR) is 147 cm³/mol. The van der Waals surface area contributed by atoms with Crippen molar-refractivity contribution in [2.75, 3.05) is 13.1 Å². The molecule has 1 saturated heterocycles. The molecule has 1 fully saturated rings. The Hall–Kier alpha value is -4.38. The van der Waals surface area contributed by atoms with Crippen molar-refractivity contribution in [3.8, 4) is 5.75 Å². The summed E-state index contributed by atoms with van der Waals surface area (Å²) in [5, 5.41) is 16.0. The molecule has 1 aliphatic rings. The third-order valence-corrected chi connectivity index (χ3v) is 7.05. The number of piperidine rings is 1. The average Bonchev–Trinajstić information content (AvgIpc) is 2.96. The van der Waals surface area contributed by atoms with Crippen LogP contribution in [0.4, 0.5) is 0 Å². The van der Waals surface area contributed by atoms with Gasteiger partial charge >= 0.3 is 0 Å². The first kappa shape index (κ1) is 24.3. The number of rotatable bonds is 6. The molecule has 0 spiro atoms. The van der Waals surface area contributed by atoms with Crippen molar-refractivity contribution in [1.82, 2.24) is 10.2 Å². The summed E-state index contributed by atoms with van der Waals surface area (Å²) in [6, 6.07) is 30.4. The van der Waals surface area contributed by atoms with Gasteiger partial charge in [-0.15, -0.1) is 0 Å². The SMILES string of the molecule is O=C(NC(c1ccccc1)c1c(O)ccc2ccccc12)C1CCN(C(=O)/C=C/c2ccccc2)CC1. The van der Waals surface area contributed by atoms with Crippen molar-refractivity contribution in [3.63, 3.8) is 0 Å². The van der Waals surface area contributed by atoms with E-state index in [0.717, 1.165) is 21.9 Å². The van der Waals surface area contributed by atoms with Crippen LogP contribution < -0.4 is 5.32 Å². The molecule has 1 atom stereocenters. The number of nitrogens with one attached hydrogen (secondary N) is 1. The Morgan fingerprint density at radius 3 is 2.22 bits per heavy atom. The van der Waals surface area contributed by atoms with Crippen LogP contribution in [0.1, 0.15) is 35.6 Å². The summed E-state index contributed by atoms with van der Waals surface area (Å²) in [6.45, 7) is 1.07. The van der Waals surface area contributed by atoms with E-state index in [1.165, 1.54) is 0 Å². The van der Waals surface area contributed by atoms with Crippen LogP contribution in [0.5, 0.6) is 5.75 Å². The molecule has 0 bridgehead atoms. The Balaban J connectivity index is 1.31. The maximum atomic E-state index is 13.5. The number of benzene rings is 4. The molecule has 1 aliphatic heterocycles. The summed E-state index contributed by atoms with van der Waals surface area (Å²) in [5.41, 5.74) is 2.58. The molecular weight excluding hydrogens is 460 g/mol. The van der Waals surface area contributed by atoms with E-state index < -0.39 is 6.04 Å². The summed E-state index contributed by atoms with van der Waals surface area (Å²) in [5.74, 6) is -0.150. The number of hydrogen-bond donors (Lipinski definition) is 2. The molecule has 1 unspecified atom stereocenters. The van der Waals surface area contributed by atoms with E-state index in [4.69, 9.17) is 0 Å². The molecule has 2 N–H and O–H groups in total. The first-order valence-corrected chi connectivity index (χ1v) is 12.7. The largest absolute Gasteiger partial charge is 0.508 e. The minimum atomic E-state index is -0.492. The van der Waals surface area contributed by atoms with Crippen molar-refractivity contribution in [1.29, 1.82) is 0 Å². The summed E-state index contributed by atoms with van der Waals surface area (Å²) >= 11 is 0. The molecule has 4 aromatic rings. The molecule has 4 aromatic carbocycles. The Bertz CT molecular complexity index is 1410. The smallest absolute Gasteiger partial charge is 0.246 e. The number of phenolic OH excluding ortho intramolecular Hbond substituents is 1. The van der Waals surface area contributed by atoms with Gasteiger partial charge in [0.2, 0.25) is 11.8 Å². The van der Waals surface area contributed by atoms with Crippen LogP contribution in [0.2, 0.25) is 0 Å². The van der Waals surface area contributed by atoms with Crippen LogP contribution in [0.3, 0.4) is 0 Å². The molecule has 186 valence electrons. The van der Waals surface area contributed by atoms with Gasteiger partial charge in [-0.05, 0) is 46.9 Å². The fraction of sp³-hybridized carbons (Fsp3) is 0.188. The van der Waals surface area contributed by atoms with E-state index >= 15 is 0 Å². The van der Waals surface area contributed by atoms with Crippen LogP contribution in [0.15, 0.2) is 103 Å². The molecule has 5 rings (SSSR count). The minimum Gasteiger partial charge on any atom is -0.508 e. The second-order valence-corrected chi connectivity index (χ2v) is 9.42. The lowest BCUT2D eigenvalue weighted by Crippen LogP contribution is -2.43. The molecule has 37 heavy (non-hydrogen) atoms. The average molecular weight is 491 g/mol. The quantitative estimate of drug-likeness (QED) is 0.341. The molecule has 0 aromatic heterocycles. The van der Waals surface area contributed by atoms with Crippen molar-refractivity contribution in [2.45, 2.75) is 18.9 Å². The number of aromatic hydroxyl groups is 1. The van der Waals surface area contributed by atoms with Crippen LogP contribution in [-0.2, 0) is 9.59 Å². The summed E-state index contributed by atoms with van der Waals surface area (Å²) < 4.78 is 0. The number of carbonyl (C=O) groups excluding carboxylic acids is 2. The lowest BCUT2D eigenvalue weighted by Gasteiger charge is -2.32. The fourth-order valence-electron chi connectivity index (χ4n) is 5.01. The van der Waals surface area contributed by atoms with Gasteiger partial charge in [-0.1, -0.05) is 91.0 Å². The van der Waals surface area contributed by atoms with E-state index in [0.29, 0.717) is 31.5 Å². The van der Waals surface area contributed by atoms with Gasteiger partial charge in [-0.25, -0.2) is 0 Å². The zero-order valence-electron chi connectivity index (χ0n) is 20.6. The lowest BCUT2D eigenvalue weighted by atomic mass is 9.90. The highest BCUT2D eigenvalue weighted by atomic mass is 16.3. The van der Waals surface area contributed by atoms with Gasteiger partial charge < -0.3 is 15.3 Å². The zero-order valence-corrected chi connectivity index (χ0v) is 20.6. The van der Waals surface area contributed by atoms with Crippen molar-refractivity contribution in [3.05, 3.63) is 120 Å². The van der Waals surface area contributed by atoms with Crippen LogP contribution in [0.25, 0.3) is 16.8 Å². The summed E-state index contributed by atoms with van der Waals surface area (Å²) in [6.07, 6.45) is 4.62. The number of amides is 2. The molecule has 0 saturated carbocycles. The second-order valence-electron chi connectivity index (χ2n) is 9.42. The molecular formula is C32H30N2O3. The number of carbonyl (C=O) groups is 2. The Labute approximate surface area is 217 Å². The summed E-state index contributed by atoms with van der Waals surface area (Å²) in [7, 11) is 0. The Kier molecular flexibility index (Phi) is 7.31. The molecule has 5 heteroatoms. The number of phenols is 1. The third kappa shape index (κ3) is 5.56. The van der Waals surface area contributed by atoms with E-state index in [-0.39, 0.29) is 23.5 Å². The van der Waals surface area contributed by atoms with Gasteiger partial charge in [-0.3, -0.25) is 9.59 Å². The first-order chi connectivity index (χ1) is 18.1. The normalized spacial score (nSPS) is 15.1. The monoisotopic (exact) mass is 490 g/mol. The lowest BCUT2D eigenvalue weighted by molar-refractivity contribution is -0.132. The van der Waals surface area contributed by atoms with E-state index in [1.54, 1.807) is 17.0 Å².